The van der Waals surface area contributed by atoms with Gasteiger partial charge in [-0.15, -0.1) is 53.6 Å². The molecule has 3 nitrogen and oxygen atoms in total. The summed E-state index contributed by atoms with van der Waals surface area (Å²) in [4.78, 5) is 8.95. The standard InChI is InChI=1S/C35H34NO.C16H18N.Ir/c1-21-20-36-30(18-24(21)19-34(2,3)4)29-10-8-9-27-28-15-13-22-11-12-23-17-25(35(5,6)7)14-16-26(23)31(22)33(28)37-32(27)29;1-12-5-7-13(8-6-12)15-10-9-14(11-17-15)16(2,3)4;/h8-9,11-18,20H,19H2,1-7H3;5-7,9-11H,1-4H3;/q2*-1;/i1D3,19D2;1D3;. The van der Waals surface area contributed by atoms with Gasteiger partial charge in [-0.1, -0.05) is 146 Å². The van der Waals surface area contributed by atoms with Crippen LogP contribution in [0.1, 0.15) is 101 Å². The molecular formula is C51H52IrN2O-2. The molecule has 0 aliphatic heterocycles. The molecule has 0 bridgehead atoms. The predicted octanol–water partition coefficient (Wildman–Crippen LogP) is 14.1. The van der Waals surface area contributed by atoms with Gasteiger partial charge in [0.1, 0.15) is 5.58 Å². The van der Waals surface area contributed by atoms with Crippen molar-refractivity contribution in [2.75, 3.05) is 0 Å². The number of aryl methyl sites for hydroxylation is 2. The number of rotatable bonds is 3. The van der Waals surface area contributed by atoms with E-state index in [1.807, 2.05) is 30.5 Å². The molecule has 0 atom stereocenters. The molecule has 0 spiro atoms. The SMILES string of the molecule is [2H]C([2H])([2H])c1c[c-]c(-c2ccc(C(C)(C)C)cn2)cc1.[2H]C([2H])([2H])c1cnc(-c2[c-]ccc3c2oc2c3ccc3ccc4cc(C(C)(C)C)ccc4c32)cc1C([2H])([2H])C(C)(C)C.[Ir]. The number of nitrogens with zero attached hydrogens (tertiary/aromatic N) is 2. The quantitative estimate of drug-likeness (QED) is 0.131. The normalized spacial score (nSPS) is 15.1. The van der Waals surface area contributed by atoms with Crippen LogP contribution in [0.15, 0.2) is 108 Å². The third-order valence-electron chi connectivity index (χ3n) is 9.65. The zero-order valence-corrected chi connectivity index (χ0v) is 35.3. The van der Waals surface area contributed by atoms with Gasteiger partial charge in [0, 0.05) is 54.2 Å². The number of hydrogen-bond acceptors (Lipinski definition) is 3. The summed E-state index contributed by atoms with van der Waals surface area (Å²) in [6.45, 7) is 13.8. The molecular weight excluding hydrogens is 849 g/mol. The van der Waals surface area contributed by atoms with E-state index in [9.17, 15) is 0 Å². The molecule has 0 N–H and O–H groups in total. The second-order valence-electron chi connectivity index (χ2n) is 17.2. The molecule has 0 amide bonds. The summed E-state index contributed by atoms with van der Waals surface area (Å²) in [7, 11) is 0. The number of benzene rings is 5. The molecule has 0 unspecified atom stereocenters. The Hall–Kier alpha value is -4.63. The van der Waals surface area contributed by atoms with E-state index in [2.05, 4.69) is 106 Å². The minimum Gasteiger partial charge on any atom is -0.500 e. The number of hydrogen-bond donors (Lipinski definition) is 0. The summed E-state index contributed by atoms with van der Waals surface area (Å²) in [5.41, 5.74) is 5.93. The Kier molecular flexibility index (Phi) is 8.41. The summed E-state index contributed by atoms with van der Waals surface area (Å²) < 4.78 is 70.8. The van der Waals surface area contributed by atoms with E-state index in [0.717, 1.165) is 49.2 Å². The maximum atomic E-state index is 8.93. The van der Waals surface area contributed by atoms with Crippen molar-refractivity contribution < 1.29 is 35.5 Å². The summed E-state index contributed by atoms with van der Waals surface area (Å²) in [6, 6.07) is 35.5. The van der Waals surface area contributed by atoms with Gasteiger partial charge in [0.2, 0.25) is 0 Å². The largest absolute Gasteiger partial charge is 0.500 e. The molecule has 0 saturated heterocycles. The molecule has 3 heterocycles. The van der Waals surface area contributed by atoms with Gasteiger partial charge in [-0.2, -0.15) is 0 Å². The minimum absolute atomic E-state index is 0. The number of fused-ring (bicyclic) bond motifs is 7. The zero-order valence-electron chi connectivity index (χ0n) is 41.0. The van der Waals surface area contributed by atoms with Crippen molar-refractivity contribution in [3.8, 4) is 22.5 Å². The smallest absolute Gasteiger partial charge is 0.129 e. The van der Waals surface area contributed by atoms with Gasteiger partial charge in [0.25, 0.3) is 0 Å². The Morgan fingerprint density at radius 3 is 2.00 bits per heavy atom. The maximum Gasteiger partial charge on any atom is 0.129 e. The summed E-state index contributed by atoms with van der Waals surface area (Å²) in [5.74, 6) is 0. The van der Waals surface area contributed by atoms with Crippen molar-refractivity contribution in [3.63, 3.8) is 0 Å². The van der Waals surface area contributed by atoms with E-state index in [4.69, 9.17) is 15.4 Å². The Balaban J connectivity index is 0.000000265. The van der Waals surface area contributed by atoms with Gasteiger partial charge < -0.3 is 14.4 Å². The average molecular weight is 909 g/mol. The zero-order chi connectivity index (χ0) is 45.4. The molecule has 283 valence electrons. The fourth-order valence-corrected chi connectivity index (χ4v) is 6.68. The van der Waals surface area contributed by atoms with Crippen LogP contribution in [0.25, 0.3) is 66.0 Å². The van der Waals surface area contributed by atoms with Crippen LogP contribution in [0.4, 0.5) is 0 Å². The summed E-state index contributed by atoms with van der Waals surface area (Å²) in [6.07, 6.45) is 1.21. The average Bonchev–Trinajstić information content (AvgIpc) is 3.58. The molecule has 5 aromatic carbocycles. The molecule has 8 aromatic rings. The van der Waals surface area contributed by atoms with Crippen molar-refractivity contribution in [1.82, 2.24) is 9.97 Å². The van der Waals surface area contributed by atoms with E-state index in [0.29, 0.717) is 22.4 Å². The van der Waals surface area contributed by atoms with Crippen LogP contribution < -0.4 is 0 Å². The first-order valence-corrected chi connectivity index (χ1v) is 18.4. The molecule has 4 heteroatoms. The van der Waals surface area contributed by atoms with Crippen LogP contribution >= 0.6 is 0 Å². The Morgan fingerprint density at radius 2 is 1.35 bits per heavy atom. The van der Waals surface area contributed by atoms with Gasteiger partial charge in [0.15, 0.2) is 0 Å². The van der Waals surface area contributed by atoms with Crippen LogP contribution in [0.5, 0.6) is 0 Å². The van der Waals surface area contributed by atoms with E-state index in [1.54, 1.807) is 39.0 Å². The van der Waals surface area contributed by atoms with Crippen LogP contribution in [-0.2, 0) is 37.3 Å². The van der Waals surface area contributed by atoms with Gasteiger partial charge in [-0.05, 0) is 73.7 Å². The van der Waals surface area contributed by atoms with Crippen LogP contribution in [-0.4, -0.2) is 9.97 Å². The van der Waals surface area contributed by atoms with E-state index in [-0.39, 0.29) is 42.1 Å². The van der Waals surface area contributed by atoms with Gasteiger partial charge in [-0.3, -0.25) is 0 Å². The fourth-order valence-electron chi connectivity index (χ4n) is 6.68. The minimum atomic E-state index is -2.51. The first-order chi connectivity index (χ1) is 28.7. The topological polar surface area (TPSA) is 38.9 Å². The first-order valence-electron chi connectivity index (χ1n) is 22.4. The molecule has 0 fully saturated rings. The third kappa shape index (κ3) is 8.47. The summed E-state index contributed by atoms with van der Waals surface area (Å²) in [5, 5.41) is 6.21. The monoisotopic (exact) mass is 909 g/mol. The number of pyridine rings is 2. The van der Waals surface area contributed by atoms with Crippen molar-refractivity contribution in [1.29, 1.82) is 0 Å². The van der Waals surface area contributed by atoms with Crippen molar-refractivity contribution in [3.05, 3.63) is 143 Å². The molecule has 3 aromatic heterocycles. The van der Waals surface area contributed by atoms with E-state index >= 15 is 0 Å². The summed E-state index contributed by atoms with van der Waals surface area (Å²) >= 11 is 0. The van der Waals surface area contributed by atoms with Crippen molar-refractivity contribution in [2.45, 2.75) is 93.2 Å². The Bertz CT molecular complexity index is 2890. The van der Waals surface area contributed by atoms with Crippen LogP contribution in [0, 0.1) is 31.3 Å². The third-order valence-corrected chi connectivity index (χ3v) is 9.65. The second kappa shape index (κ2) is 15.1. The van der Waals surface area contributed by atoms with Crippen LogP contribution in [0.2, 0.25) is 0 Å². The maximum absolute atomic E-state index is 8.93. The van der Waals surface area contributed by atoms with Crippen molar-refractivity contribution in [2.24, 2.45) is 5.41 Å². The van der Waals surface area contributed by atoms with Gasteiger partial charge >= 0.3 is 0 Å². The number of aromatic nitrogens is 2. The fraction of sp³-hybridized carbons (Fsp3) is 0.294. The predicted molar refractivity (Wildman–Crippen MR) is 229 cm³/mol. The molecule has 8 rings (SSSR count). The van der Waals surface area contributed by atoms with E-state index in [1.165, 1.54) is 23.4 Å². The number of furan rings is 1. The molecule has 55 heavy (non-hydrogen) atoms. The van der Waals surface area contributed by atoms with Gasteiger partial charge in [0.05, 0.1) is 5.58 Å². The molecule has 0 aliphatic carbocycles. The first kappa shape index (κ1) is 30.6. The Labute approximate surface area is 352 Å². The Morgan fingerprint density at radius 1 is 0.655 bits per heavy atom. The molecule has 0 saturated carbocycles. The molecule has 0 aliphatic rings. The van der Waals surface area contributed by atoms with Crippen LogP contribution in [0.3, 0.4) is 0 Å². The van der Waals surface area contributed by atoms with E-state index < -0.39 is 25.5 Å². The molecule has 1 radical (unpaired) electrons. The second-order valence-corrected chi connectivity index (χ2v) is 17.2. The van der Waals surface area contributed by atoms with Crippen molar-refractivity contribution >= 4 is 43.5 Å². The van der Waals surface area contributed by atoms with Gasteiger partial charge in [-0.25, -0.2) is 0 Å².